The van der Waals surface area contributed by atoms with Crippen molar-refractivity contribution in [2.75, 3.05) is 18.0 Å². The number of piperidine rings is 1. The first-order valence-corrected chi connectivity index (χ1v) is 12.4. The Labute approximate surface area is 206 Å². The second-order valence-corrected chi connectivity index (χ2v) is 9.93. The van der Waals surface area contributed by atoms with Crippen LogP contribution in [0, 0.1) is 17.7 Å². The molecule has 5 aromatic rings. The quantitative estimate of drug-likeness (QED) is 0.386. The van der Waals surface area contributed by atoms with Gasteiger partial charge < -0.3 is 9.88 Å². The molecule has 1 saturated heterocycles. The van der Waals surface area contributed by atoms with Gasteiger partial charge in [0.1, 0.15) is 17.2 Å². The van der Waals surface area contributed by atoms with Crippen LogP contribution in [0.25, 0.3) is 33.2 Å². The fourth-order valence-electron chi connectivity index (χ4n) is 6.62. The summed E-state index contributed by atoms with van der Waals surface area (Å²) in [6, 6.07) is 14.8. The molecule has 8 heteroatoms. The number of fused-ring (bicyclic) bond motifs is 3. The summed E-state index contributed by atoms with van der Waals surface area (Å²) in [7, 11) is 0. The smallest absolute Gasteiger partial charge is 0.255 e. The number of H-pyrrole nitrogens is 2. The molecule has 3 atom stereocenters. The van der Waals surface area contributed by atoms with Crippen molar-refractivity contribution in [1.82, 2.24) is 25.1 Å². The molecule has 1 saturated carbocycles. The summed E-state index contributed by atoms with van der Waals surface area (Å²) in [6.45, 7) is 3.87. The molecule has 3 aromatic heterocycles. The third-order valence-electron chi connectivity index (χ3n) is 8.43. The van der Waals surface area contributed by atoms with Gasteiger partial charge in [-0.25, -0.2) is 14.4 Å². The molecule has 180 valence electrons. The highest BCUT2D eigenvalue weighted by atomic mass is 19.1. The molecule has 2 N–H and O–H groups in total. The number of hydrogen-bond acceptors (Lipinski definition) is 5. The Morgan fingerprint density at radius 1 is 1.17 bits per heavy atom. The second-order valence-electron chi connectivity index (χ2n) is 9.93. The molecule has 7 rings (SSSR count). The SMILES string of the molecule is CC[C@]1(c2ccccc2F)[C@@H]2CCN(c3cnc4c(-c5ccc6cc[nH]c(=O)c6c5)[nH]nc4n3)C[C@@H]21. The molecule has 0 unspecified atom stereocenters. The molecular weight excluding hydrogens is 455 g/mol. The van der Waals surface area contributed by atoms with E-state index in [0.717, 1.165) is 54.0 Å². The molecule has 0 bridgehead atoms. The van der Waals surface area contributed by atoms with Crippen molar-refractivity contribution in [3.63, 3.8) is 0 Å². The number of aromatic nitrogens is 5. The van der Waals surface area contributed by atoms with E-state index in [4.69, 9.17) is 9.97 Å². The van der Waals surface area contributed by atoms with Gasteiger partial charge in [0.25, 0.3) is 5.56 Å². The number of hydrogen-bond donors (Lipinski definition) is 2. The van der Waals surface area contributed by atoms with Crippen LogP contribution in [0.1, 0.15) is 25.3 Å². The number of halogens is 1. The summed E-state index contributed by atoms with van der Waals surface area (Å²) >= 11 is 0. The monoisotopic (exact) mass is 480 g/mol. The van der Waals surface area contributed by atoms with Gasteiger partial charge in [0.15, 0.2) is 0 Å². The lowest BCUT2D eigenvalue weighted by atomic mass is 9.88. The van der Waals surface area contributed by atoms with E-state index in [1.165, 1.54) is 0 Å². The highest BCUT2D eigenvalue weighted by Gasteiger charge is 2.65. The maximum absolute atomic E-state index is 14.7. The number of nitrogens with zero attached hydrogens (tertiary/aromatic N) is 4. The van der Waals surface area contributed by atoms with Crippen LogP contribution in [-0.2, 0) is 5.41 Å². The average molecular weight is 481 g/mol. The van der Waals surface area contributed by atoms with Crippen molar-refractivity contribution in [3.8, 4) is 11.3 Å². The first kappa shape index (κ1) is 21.2. The molecule has 2 aliphatic rings. The predicted molar refractivity (Wildman–Crippen MR) is 137 cm³/mol. The molecule has 4 heterocycles. The number of pyridine rings is 1. The van der Waals surface area contributed by atoms with Gasteiger partial charge in [0.05, 0.1) is 11.9 Å². The first-order chi connectivity index (χ1) is 17.6. The van der Waals surface area contributed by atoms with E-state index in [2.05, 4.69) is 27.0 Å². The Balaban J connectivity index is 1.19. The summed E-state index contributed by atoms with van der Waals surface area (Å²) < 4.78 is 14.7. The average Bonchev–Trinajstić information content (AvgIpc) is 3.36. The van der Waals surface area contributed by atoms with E-state index in [-0.39, 0.29) is 16.8 Å². The molecule has 36 heavy (non-hydrogen) atoms. The Morgan fingerprint density at radius 2 is 2.06 bits per heavy atom. The normalized spacial score (nSPS) is 23.2. The highest BCUT2D eigenvalue weighted by Crippen LogP contribution is 2.65. The predicted octanol–water partition coefficient (Wildman–Crippen LogP) is 4.80. The Morgan fingerprint density at radius 3 is 2.92 bits per heavy atom. The van der Waals surface area contributed by atoms with Gasteiger partial charge in [-0.3, -0.25) is 9.89 Å². The molecule has 0 radical (unpaired) electrons. The summed E-state index contributed by atoms with van der Waals surface area (Å²) in [5.41, 5.74) is 3.41. The fourth-order valence-corrected chi connectivity index (χ4v) is 6.62. The van der Waals surface area contributed by atoms with Crippen molar-refractivity contribution in [3.05, 3.63) is 82.7 Å². The third kappa shape index (κ3) is 2.96. The van der Waals surface area contributed by atoms with Crippen LogP contribution >= 0.6 is 0 Å². The summed E-state index contributed by atoms with van der Waals surface area (Å²) in [4.78, 5) is 26.8. The lowest BCUT2D eigenvalue weighted by Gasteiger charge is -2.26. The van der Waals surface area contributed by atoms with Crippen LogP contribution in [0.4, 0.5) is 10.2 Å². The maximum atomic E-state index is 14.7. The molecule has 0 spiro atoms. The van der Waals surface area contributed by atoms with Crippen LogP contribution in [0.15, 0.2) is 65.7 Å². The maximum Gasteiger partial charge on any atom is 0.255 e. The van der Waals surface area contributed by atoms with Crippen LogP contribution in [0.2, 0.25) is 0 Å². The minimum Gasteiger partial charge on any atom is -0.355 e. The number of aromatic amines is 2. The van der Waals surface area contributed by atoms with E-state index in [0.29, 0.717) is 28.4 Å². The molecular formula is C28H25FN6O. The van der Waals surface area contributed by atoms with Crippen LogP contribution in [-0.4, -0.2) is 38.2 Å². The second kappa shape index (κ2) is 7.71. The number of rotatable bonds is 4. The minimum atomic E-state index is -0.131. The van der Waals surface area contributed by atoms with Gasteiger partial charge in [-0.05, 0) is 53.8 Å². The number of nitrogens with one attached hydrogen (secondary N) is 2. The first-order valence-electron chi connectivity index (χ1n) is 12.4. The van der Waals surface area contributed by atoms with Gasteiger partial charge in [-0.2, -0.15) is 5.10 Å². The van der Waals surface area contributed by atoms with Crippen LogP contribution in [0.3, 0.4) is 0 Å². The van der Waals surface area contributed by atoms with Gasteiger partial charge in [0.2, 0.25) is 5.65 Å². The van der Waals surface area contributed by atoms with Gasteiger partial charge in [-0.15, -0.1) is 0 Å². The Bertz CT molecular complexity index is 1690. The molecule has 7 nitrogen and oxygen atoms in total. The molecule has 1 aliphatic carbocycles. The van der Waals surface area contributed by atoms with Crippen molar-refractivity contribution >= 4 is 27.8 Å². The van der Waals surface area contributed by atoms with Crippen LogP contribution < -0.4 is 10.5 Å². The zero-order chi connectivity index (χ0) is 24.4. The van der Waals surface area contributed by atoms with Gasteiger partial charge in [-0.1, -0.05) is 37.3 Å². The Kier molecular flexibility index (Phi) is 4.55. The fraction of sp³-hybridized carbons (Fsp3) is 0.286. The van der Waals surface area contributed by atoms with E-state index in [1.54, 1.807) is 24.5 Å². The van der Waals surface area contributed by atoms with Gasteiger partial charge in [0, 0.05) is 35.7 Å². The van der Waals surface area contributed by atoms with E-state index < -0.39 is 0 Å². The van der Waals surface area contributed by atoms with Gasteiger partial charge >= 0.3 is 0 Å². The molecule has 2 fully saturated rings. The Hall–Kier alpha value is -4.07. The lowest BCUT2D eigenvalue weighted by Crippen LogP contribution is -2.32. The zero-order valence-electron chi connectivity index (χ0n) is 19.8. The third-order valence-corrected chi connectivity index (χ3v) is 8.43. The summed E-state index contributed by atoms with van der Waals surface area (Å²) in [5.74, 6) is 1.59. The van der Waals surface area contributed by atoms with Crippen molar-refractivity contribution < 1.29 is 4.39 Å². The lowest BCUT2D eigenvalue weighted by molar-refractivity contribution is 0.516. The topological polar surface area (TPSA) is 90.6 Å². The number of anilines is 1. The molecule has 2 aromatic carbocycles. The van der Waals surface area contributed by atoms with E-state index in [9.17, 15) is 9.18 Å². The summed E-state index contributed by atoms with van der Waals surface area (Å²) in [6.07, 6.45) is 5.38. The van der Waals surface area contributed by atoms with Crippen molar-refractivity contribution in [2.45, 2.75) is 25.2 Å². The minimum absolute atomic E-state index is 0.0922. The standard InChI is InChI=1S/C28H25FN6O/c1-2-28(20-5-3-4-6-22(20)29)19-10-12-35(15-21(19)28)23-14-31-25-24(33-34-26(25)32-23)17-8-7-16-9-11-30-27(36)18(16)13-17/h3-9,11,13-14,19,21H,2,10,12,15H2,1H3,(H,30,36)(H,32,33,34)/t19-,21+,28-/m1/s1. The largest absolute Gasteiger partial charge is 0.355 e. The van der Waals surface area contributed by atoms with Crippen LogP contribution in [0.5, 0.6) is 0 Å². The van der Waals surface area contributed by atoms with Crippen molar-refractivity contribution in [2.24, 2.45) is 11.8 Å². The molecule has 1 aliphatic heterocycles. The highest BCUT2D eigenvalue weighted by molar-refractivity contribution is 5.92. The zero-order valence-corrected chi connectivity index (χ0v) is 19.8. The summed E-state index contributed by atoms with van der Waals surface area (Å²) in [5, 5.41) is 8.98. The molecule has 0 amide bonds. The number of benzene rings is 2. The van der Waals surface area contributed by atoms with E-state index in [1.807, 2.05) is 36.4 Å². The van der Waals surface area contributed by atoms with Crippen molar-refractivity contribution in [1.29, 1.82) is 0 Å². The van der Waals surface area contributed by atoms with E-state index >= 15 is 0 Å².